The minimum Gasteiger partial charge on any atom is -0.481 e. The number of hydrogen-bond acceptors (Lipinski definition) is 5. The average Bonchev–Trinajstić information content (AvgIpc) is 2.49. The zero-order chi connectivity index (χ0) is 13.2. The SMILES string of the molecule is COc1cc(N2CCCC(C)(C)CC2)nc(N)n1. The molecule has 0 saturated carbocycles. The Morgan fingerprint density at radius 2 is 2.06 bits per heavy atom. The number of nitrogen functional groups attached to an aromatic ring is 1. The highest BCUT2D eigenvalue weighted by Crippen LogP contribution is 2.31. The van der Waals surface area contributed by atoms with E-state index in [1.165, 1.54) is 19.3 Å². The first-order valence-corrected chi connectivity index (χ1v) is 6.44. The van der Waals surface area contributed by atoms with E-state index in [0.717, 1.165) is 18.9 Å². The summed E-state index contributed by atoms with van der Waals surface area (Å²) in [5, 5.41) is 0. The summed E-state index contributed by atoms with van der Waals surface area (Å²) >= 11 is 0. The first kappa shape index (κ1) is 12.9. The van der Waals surface area contributed by atoms with E-state index in [2.05, 4.69) is 28.7 Å². The molecule has 5 heteroatoms. The largest absolute Gasteiger partial charge is 0.481 e. The molecule has 5 nitrogen and oxygen atoms in total. The van der Waals surface area contributed by atoms with Gasteiger partial charge in [-0.05, 0) is 24.7 Å². The molecule has 18 heavy (non-hydrogen) atoms. The Morgan fingerprint density at radius 1 is 1.28 bits per heavy atom. The molecule has 0 radical (unpaired) electrons. The van der Waals surface area contributed by atoms with Crippen LogP contribution in [0.5, 0.6) is 5.88 Å². The lowest BCUT2D eigenvalue weighted by Gasteiger charge is -2.24. The van der Waals surface area contributed by atoms with Crippen LogP contribution in [0.4, 0.5) is 11.8 Å². The highest BCUT2D eigenvalue weighted by Gasteiger charge is 2.24. The second-order valence-corrected chi connectivity index (χ2v) is 5.63. The van der Waals surface area contributed by atoms with Crippen LogP contribution in [0.1, 0.15) is 33.1 Å². The quantitative estimate of drug-likeness (QED) is 0.870. The summed E-state index contributed by atoms with van der Waals surface area (Å²) in [4.78, 5) is 10.6. The fourth-order valence-electron chi connectivity index (χ4n) is 2.35. The second kappa shape index (κ2) is 5.00. The minimum absolute atomic E-state index is 0.271. The molecule has 0 spiro atoms. The number of ether oxygens (including phenoxy) is 1. The van der Waals surface area contributed by atoms with Crippen LogP contribution >= 0.6 is 0 Å². The molecule has 100 valence electrons. The number of anilines is 2. The Bertz CT molecular complexity index is 419. The van der Waals surface area contributed by atoms with Crippen molar-refractivity contribution < 1.29 is 4.74 Å². The van der Waals surface area contributed by atoms with Gasteiger partial charge in [0.2, 0.25) is 11.8 Å². The first-order valence-electron chi connectivity index (χ1n) is 6.44. The van der Waals surface area contributed by atoms with Crippen molar-refractivity contribution in [2.24, 2.45) is 5.41 Å². The van der Waals surface area contributed by atoms with Crippen molar-refractivity contribution in [1.82, 2.24) is 9.97 Å². The van der Waals surface area contributed by atoms with Crippen molar-refractivity contribution in [2.75, 3.05) is 30.8 Å². The molecule has 0 bridgehead atoms. The van der Waals surface area contributed by atoms with Gasteiger partial charge in [-0.2, -0.15) is 9.97 Å². The van der Waals surface area contributed by atoms with Gasteiger partial charge < -0.3 is 15.4 Å². The van der Waals surface area contributed by atoms with Gasteiger partial charge in [0.1, 0.15) is 5.82 Å². The van der Waals surface area contributed by atoms with E-state index in [1.54, 1.807) is 7.11 Å². The third-order valence-electron chi connectivity index (χ3n) is 3.58. The lowest BCUT2D eigenvalue weighted by atomic mass is 9.85. The number of aromatic nitrogens is 2. The van der Waals surface area contributed by atoms with E-state index in [-0.39, 0.29) is 5.95 Å². The van der Waals surface area contributed by atoms with Crippen LogP contribution in [0.25, 0.3) is 0 Å². The van der Waals surface area contributed by atoms with Crippen LogP contribution in [0.15, 0.2) is 6.07 Å². The molecule has 1 aliphatic rings. The molecule has 1 aromatic rings. The van der Waals surface area contributed by atoms with Gasteiger partial charge in [-0.3, -0.25) is 0 Å². The monoisotopic (exact) mass is 250 g/mol. The predicted octanol–water partition coefficient (Wildman–Crippen LogP) is 2.08. The van der Waals surface area contributed by atoms with E-state index in [0.29, 0.717) is 11.3 Å². The number of rotatable bonds is 2. The van der Waals surface area contributed by atoms with E-state index < -0.39 is 0 Å². The Balaban J connectivity index is 2.18. The zero-order valence-corrected chi connectivity index (χ0v) is 11.4. The maximum Gasteiger partial charge on any atom is 0.225 e. The van der Waals surface area contributed by atoms with Crippen molar-refractivity contribution in [3.8, 4) is 5.88 Å². The van der Waals surface area contributed by atoms with Gasteiger partial charge in [0.15, 0.2) is 0 Å². The van der Waals surface area contributed by atoms with Gasteiger partial charge in [0.05, 0.1) is 7.11 Å². The summed E-state index contributed by atoms with van der Waals surface area (Å²) < 4.78 is 5.14. The van der Waals surface area contributed by atoms with Crippen molar-refractivity contribution in [3.05, 3.63) is 6.07 Å². The molecule has 2 N–H and O–H groups in total. The standard InChI is InChI=1S/C13H22N4O/c1-13(2)5-4-7-17(8-6-13)10-9-11(18-3)16-12(14)15-10/h9H,4-8H2,1-3H3,(H2,14,15,16). The van der Waals surface area contributed by atoms with Crippen LogP contribution in [0.2, 0.25) is 0 Å². The molecule has 0 amide bonds. The van der Waals surface area contributed by atoms with Crippen molar-refractivity contribution in [3.63, 3.8) is 0 Å². The highest BCUT2D eigenvalue weighted by molar-refractivity contribution is 5.45. The maximum absolute atomic E-state index is 5.71. The van der Waals surface area contributed by atoms with Crippen molar-refractivity contribution in [2.45, 2.75) is 33.1 Å². The number of methoxy groups -OCH3 is 1. The molecule has 1 aromatic heterocycles. The molecular weight excluding hydrogens is 228 g/mol. The Hall–Kier alpha value is -1.52. The van der Waals surface area contributed by atoms with E-state index in [9.17, 15) is 0 Å². The average molecular weight is 250 g/mol. The Kier molecular flexibility index (Phi) is 3.59. The first-order chi connectivity index (χ1) is 8.50. The van der Waals surface area contributed by atoms with Crippen molar-refractivity contribution in [1.29, 1.82) is 0 Å². The molecule has 0 aliphatic carbocycles. The molecule has 2 rings (SSSR count). The third-order valence-corrected chi connectivity index (χ3v) is 3.58. The van der Waals surface area contributed by atoms with Gasteiger partial charge in [-0.25, -0.2) is 0 Å². The van der Waals surface area contributed by atoms with Gasteiger partial charge in [-0.15, -0.1) is 0 Å². The molecule has 1 aliphatic heterocycles. The third kappa shape index (κ3) is 3.03. The molecule has 2 heterocycles. The fraction of sp³-hybridized carbons (Fsp3) is 0.692. The zero-order valence-electron chi connectivity index (χ0n) is 11.4. The summed E-state index contributed by atoms with van der Waals surface area (Å²) in [6.45, 7) is 6.67. The van der Waals surface area contributed by atoms with Crippen LogP contribution in [-0.2, 0) is 0 Å². The van der Waals surface area contributed by atoms with Crippen molar-refractivity contribution >= 4 is 11.8 Å². The van der Waals surface area contributed by atoms with Crippen LogP contribution < -0.4 is 15.4 Å². The second-order valence-electron chi connectivity index (χ2n) is 5.63. The summed E-state index contributed by atoms with van der Waals surface area (Å²) in [7, 11) is 1.59. The molecule has 1 saturated heterocycles. The maximum atomic E-state index is 5.71. The number of nitrogens with two attached hydrogens (primary N) is 1. The lowest BCUT2D eigenvalue weighted by molar-refractivity contribution is 0.325. The van der Waals surface area contributed by atoms with Gasteiger partial charge in [-0.1, -0.05) is 13.8 Å². The Labute approximate surface area is 108 Å². The van der Waals surface area contributed by atoms with E-state index in [1.807, 2.05) is 6.07 Å². The smallest absolute Gasteiger partial charge is 0.225 e. The van der Waals surface area contributed by atoms with Crippen LogP contribution in [0, 0.1) is 5.41 Å². The van der Waals surface area contributed by atoms with Gasteiger partial charge >= 0.3 is 0 Å². The fourth-order valence-corrected chi connectivity index (χ4v) is 2.35. The predicted molar refractivity (Wildman–Crippen MR) is 72.8 cm³/mol. The highest BCUT2D eigenvalue weighted by atomic mass is 16.5. The molecule has 0 atom stereocenters. The normalized spacial score (nSPS) is 19.4. The molecule has 0 aromatic carbocycles. The summed E-state index contributed by atoms with van der Waals surface area (Å²) in [5.74, 6) is 1.67. The van der Waals surface area contributed by atoms with Gasteiger partial charge in [0.25, 0.3) is 0 Å². The Morgan fingerprint density at radius 3 is 2.78 bits per heavy atom. The molecular formula is C13H22N4O. The summed E-state index contributed by atoms with van der Waals surface area (Å²) in [6.07, 6.45) is 3.60. The number of hydrogen-bond donors (Lipinski definition) is 1. The van der Waals surface area contributed by atoms with Crippen LogP contribution in [-0.4, -0.2) is 30.2 Å². The topological polar surface area (TPSA) is 64.3 Å². The van der Waals surface area contributed by atoms with Crippen LogP contribution in [0.3, 0.4) is 0 Å². The molecule has 1 fully saturated rings. The summed E-state index contributed by atoms with van der Waals surface area (Å²) in [5.41, 5.74) is 6.12. The van der Waals surface area contributed by atoms with E-state index >= 15 is 0 Å². The van der Waals surface area contributed by atoms with E-state index in [4.69, 9.17) is 10.5 Å². The molecule has 0 unspecified atom stereocenters. The summed E-state index contributed by atoms with van der Waals surface area (Å²) in [6, 6.07) is 1.86. The minimum atomic E-state index is 0.271. The number of nitrogens with zero attached hydrogens (tertiary/aromatic N) is 3. The van der Waals surface area contributed by atoms with Gasteiger partial charge in [0, 0.05) is 19.2 Å². The lowest BCUT2D eigenvalue weighted by Crippen LogP contribution is -2.26.